The molecule has 0 saturated carbocycles. The molecule has 28 nitrogen and oxygen atoms in total. The summed E-state index contributed by atoms with van der Waals surface area (Å²) in [5.74, 6) is -8.63. The van der Waals surface area contributed by atoms with Crippen molar-refractivity contribution in [2.24, 2.45) is 11.7 Å². The molecule has 378 valence electrons. The number of hydrogen-bond donors (Lipinski definition) is 12. The number of carboxylic acid groups (broad SMARTS) is 3. The van der Waals surface area contributed by atoms with Gasteiger partial charge in [-0.05, 0) is 32.1 Å². The lowest BCUT2D eigenvalue weighted by atomic mass is 9.99. The molecule has 0 bridgehead atoms. The van der Waals surface area contributed by atoms with Gasteiger partial charge in [0.15, 0.2) is 12.4 Å². The van der Waals surface area contributed by atoms with E-state index in [4.69, 9.17) is 34.9 Å². The Hall–Kier alpha value is -5.91. The lowest BCUT2D eigenvalue weighted by molar-refractivity contribution is -0.294. The zero-order valence-corrected chi connectivity index (χ0v) is 37.2. The molecule has 1 aromatic heterocycles. The van der Waals surface area contributed by atoms with Crippen molar-refractivity contribution in [3.8, 4) is 0 Å². The van der Waals surface area contributed by atoms with Crippen molar-refractivity contribution >= 4 is 53.4 Å². The minimum absolute atomic E-state index is 0.0316. The smallest absolute Gasteiger partial charge is 0.335 e. The van der Waals surface area contributed by atoms with E-state index in [2.05, 4.69) is 36.9 Å². The number of carbonyl (C=O) groups excluding carboxylic acids is 6. The molecule has 28 heteroatoms. The molecule has 3 unspecified atom stereocenters. The summed E-state index contributed by atoms with van der Waals surface area (Å²) in [5, 5.41) is 77.4. The van der Waals surface area contributed by atoms with Gasteiger partial charge in [-0.3, -0.25) is 38.4 Å². The van der Waals surface area contributed by atoms with E-state index in [-0.39, 0.29) is 84.3 Å². The summed E-state index contributed by atoms with van der Waals surface area (Å²) < 4.78 is 22.5. The van der Waals surface area contributed by atoms with E-state index in [1.165, 1.54) is 4.68 Å². The molecule has 0 aromatic carbocycles. The number of amides is 6. The van der Waals surface area contributed by atoms with E-state index in [1.54, 1.807) is 20.0 Å². The Morgan fingerprint density at radius 3 is 1.91 bits per heavy atom. The Bertz CT molecular complexity index is 1800. The first-order valence-corrected chi connectivity index (χ1v) is 21.5. The van der Waals surface area contributed by atoms with Gasteiger partial charge in [-0.25, -0.2) is 9.48 Å². The number of nitrogens with one attached hydrogen (secondary N) is 5. The maximum absolute atomic E-state index is 13.2. The zero-order chi connectivity index (χ0) is 50.1. The Balaban J connectivity index is 1.60. The van der Waals surface area contributed by atoms with Gasteiger partial charge in [0.1, 0.15) is 43.0 Å². The van der Waals surface area contributed by atoms with Crippen LogP contribution < -0.4 is 32.3 Å². The highest BCUT2D eigenvalue weighted by atomic mass is 16.7. The van der Waals surface area contributed by atoms with E-state index in [0.717, 1.165) is 0 Å². The predicted molar refractivity (Wildman–Crippen MR) is 224 cm³/mol. The van der Waals surface area contributed by atoms with E-state index in [0.29, 0.717) is 18.5 Å². The summed E-state index contributed by atoms with van der Waals surface area (Å²) in [7, 11) is 0. The van der Waals surface area contributed by atoms with Crippen LogP contribution in [0.4, 0.5) is 0 Å². The molecule has 1 aromatic rings. The number of ether oxygens (including phenoxy) is 4. The molecule has 2 rings (SSSR count). The number of rotatable bonds is 34. The van der Waals surface area contributed by atoms with Gasteiger partial charge in [0.2, 0.25) is 35.4 Å². The number of hydrogen-bond acceptors (Lipinski definition) is 18. The number of aromatic nitrogens is 3. The van der Waals surface area contributed by atoms with E-state index in [9.17, 15) is 63.6 Å². The van der Waals surface area contributed by atoms with Gasteiger partial charge >= 0.3 is 17.9 Å². The van der Waals surface area contributed by atoms with E-state index in [1.807, 2.05) is 0 Å². The molecule has 0 spiro atoms. The molecule has 0 radical (unpaired) electrons. The highest BCUT2D eigenvalue weighted by Crippen LogP contribution is 2.22. The number of nitrogens with two attached hydrogens (primary N) is 1. The monoisotopic (exact) mass is 961 g/mol. The van der Waals surface area contributed by atoms with Crippen LogP contribution in [0.5, 0.6) is 0 Å². The topological polar surface area (TPSA) is 429 Å². The highest BCUT2D eigenvalue weighted by Gasteiger charge is 2.47. The molecule has 1 fully saturated rings. The van der Waals surface area contributed by atoms with Crippen molar-refractivity contribution in [3.05, 3.63) is 11.9 Å². The minimum Gasteiger partial charge on any atom is -0.481 e. The number of aliphatic carboxylic acids is 3. The Kier molecular flexibility index (Phi) is 26.0. The standard InChI is InChI=1S/C39H63N9O19/c1-21(2)35(59)44-24(7-10-28(51)52)37(61)45-25(8-11-29(53)54)36(60)43-23(34(40)58)5-3-4-12-41-27(50)20-65-18-17-64-15-13-42-26(49)9-6-22-19-48(47-46-22)14-16-66-39-32(57)30(55)31(56)33(67-39)38(62)63/h19,21,23-25,30-33,39,55-57H,3-18,20H2,1-2H3,(H2,40,58)(H,41,50)(H,42,49)(H,43,60)(H,44,59)(H,45,61)(H,51,52)(H,53,54)(H,62,63)/t23-,24-,25-,30?,31-,32?,33?,39+/m0/s1. The summed E-state index contributed by atoms with van der Waals surface area (Å²) in [6.45, 7) is 3.58. The average molecular weight is 962 g/mol. The number of aliphatic hydroxyl groups excluding tert-OH is 3. The van der Waals surface area contributed by atoms with Crippen LogP contribution in [0.25, 0.3) is 0 Å². The van der Waals surface area contributed by atoms with Crippen LogP contribution in [-0.2, 0) is 75.1 Å². The third-order valence-corrected chi connectivity index (χ3v) is 9.77. The minimum atomic E-state index is -1.84. The van der Waals surface area contributed by atoms with Crippen LogP contribution in [0, 0.1) is 5.92 Å². The number of primary amides is 1. The molecular weight excluding hydrogens is 898 g/mol. The van der Waals surface area contributed by atoms with E-state index < -0.39 is 121 Å². The zero-order valence-electron chi connectivity index (χ0n) is 37.2. The third-order valence-electron chi connectivity index (χ3n) is 9.77. The number of carboxylic acids is 3. The van der Waals surface area contributed by atoms with Crippen molar-refractivity contribution in [1.82, 2.24) is 41.6 Å². The fraction of sp³-hybridized carbons (Fsp3) is 0.718. The number of carbonyl (C=O) groups is 9. The molecule has 1 aliphatic rings. The van der Waals surface area contributed by atoms with Crippen molar-refractivity contribution in [2.75, 3.05) is 46.1 Å². The lowest BCUT2D eigenvalue weighted by Gasteiger charge is -2.38. The summed E-state index contributed by atoms with van der Waals surface area (Å²) >= 11 is 0. The lowest BCUT2D eigenvalue weighted by Crippen LogP contribution is -2.60. The Morgan fingerprint density at radius 1 is 0.716 bits per heavy atom. The predicted octanol–water partition coefficient (Wildman–Crippen LogP) is -5.12. The van der Waals surface area contributed by atoms with Crippen LogP contribution in [0.3, 0.4) is 0 Å². The van der Waals surface area contributed by atoms with Gasteiger partial charge in [0.05, 0.1) is 38.7 Å². The van der Waals surface area contributed by atoms with Crippen LogP contribution in [-0.4, -0.2) is 194 Å². The second kappa shape index (κ2) is 30.4. The average Bonchev–Trinajstić information content (AvgIpc) is 3.72. The van der Waals surface area contributed by atoms with Crippen LogP contribution in [0.2, 0.25) is 0 Å². The largest absolute Gasteiger partial charge is 0.481 e. The van der Waals surface area contributed by atoms with Gasteiger partial charge in [0.25, 0.3) is 0 Å². The molecule has 8 atom stereocenters. The summed E-state index contributed by atoms with van der Waals surface area (Å²) in [6.07, 6.45) is -7.74. The molecule has 67 heavy (non-hydrogen) atoms. The van der Waals surface area contributed by atoms with Gasteiger partial charge in [-0.2, -0.15) is 0 Å². The van der Waals surface area contributed by atoms with Crippen molar-refractivity contribution in [2.45, 2.75) is 127 Å². The summed E-state index contributed by atoms with van der Waals surface area (Å²) in [5.41, 5.74) is 5.97. The van der Waals surface area contributed by atoms with E-state index >= 15 is 0 Å². The molecule has 0 aliphatic carbocycles. The highest BCUT2D eigenvalue weighted by molar-refractivity contribution is 5.94. The summed E-state index contributed by atoms with van der Waals surface area (Å²) in [4.78, 5) is 109. The Labute approximate surface area is 383 Å². The summed E-state index contributed by atoms with van der Waals surface area (Å²) in [6, 6.07) is -4.04. The first kappa shape index (κ1) is 57.2. The van der Waals surface area contributed by atoms with Gasteiger partial charge in [-0.15, -0.1) is 5.10 Å². The second-order valence-electron chi connectivity index (χ2n) is 15.5. The number of nitrogens with zero attached hydrogens (tertiary/aromatic N) is 3. The first-order valence-electron chi connectivity index (χ1n) is 21.5. The van der Waals surface area contributed by atoms with Crippen LogP contribution in [0.1, 0.15) is 70.9 Å². The van der Waals surface area contributed by atoms with Crippen molar-refractivity contribution in [3.63, 3.8) is 0 Å². The second-order valence-corrected chi connectivity index (χ2v) is 15.5. The third kappa shape index (κ3) is 22.4. The number of unbranched alkanes of at least 4 members (excludes halogenated alkanes) is 1. The maximum Gasteiger partial charge on any atom is 0.335 e. The first-order chi connectivity index (χ1) is 31.7. The molecule has 2 heterocycles. The number of aliphatic hydroxyl groups is 3. The fourth-order valence-electron chi connectivity index (χ4n) is 5.99. The van der Waals surface area contributed by atoms with Gasteiger partial charge < -0.3 is 81.9 Å². The SMILES string of the molecule is CC(C)C(=O)N[C@@H](CCC(=O)O)C(=O)N[C@@H](CCC(=O)O)C(=O)N[C@@H](CCCCNC(=O)COCCOCCNC(=O)CCc1cn(CCO[C@@H]2OC(C(=O)O)[C@@H](O)C(O)C2O)nn1)C(N)=O. The van der Waals surface area contributed by atoms with Crippen LogP contribution >= 0.6 is 0 Å². The quantitative estimate of drug-likeness (QED) is 0.0287. The molecule has 13 N–H and O–H groups in total. The van der Waals surface area contributed by atoms with Gasteiger partial charge in [-0.1, -0.05) is 19.1 Å². The Morgan fingerprint density at radius 2 is 1.31 bits per heavy atom. The van der Waals surface area contributed by atoms with Crippen LogP contribution in [0.15, 0.2) is 6.20 Å². The maximum atomic E-state index is 13.2. The normalized spacial score (nSPS) is 19.3. The molecular formula is C39H63N9O19. The van der Waals surface area contributed by atoms with Crippen molar-refractivity contribution in [1.29, 1.82) is 0 Å². The van der Waals surface area contributed by atoms with Crippen molar-refractivity contribution < 1.29 is 92.7 Å². The fourth-order valence-corrected chi connectivity index (χ4v) is 5.99. The molecule has 1 saturated heterocycles. The molecule has 6 amide bonds. The molecule has 1 aliphatic heterocycles. The van der Waals surface area contributed by atoms with Gasteiger partial charge in [0, 0.05) is 50.9 Å². The number of aryl methyl sites for hydroxylation is 1.